The molecule has 6 heteroatoms. The molecule has 0 fully saturated rings. The van der Waals surface area contributed by atoms with E-state index in [1.165, 1.54) is 6.92 Å². The molecule has 60 valence electrons. The van der Waals surface area contributed by atoms with Gasteiger partial charge in [-0.2, -0.15) is 0 Å². The van der Waals surface area contributed by atoms with Crippen molar-refractivity contribution in [2.75, 3.05) is 0 Å². The van der Waals surface area contributed by atoms with Crippen molar-refractivity contribution in [3.05, 3.63) is 0 Å². The number of carbonyl (C=O) groups is 1. The first-order chi connectivity index (χ1) is 5.09. The van der Waals surface area contributed by atoms with Crippen LogP contribution in [-0.2, 0) is 9.36 Å². The van der Waals surface area contributed by atoms with Crippen LogP contribution < -0.4 is 0 Å². The van der Waals surface area contributed by atoms with E-state index in [1.807, 2.05) is 0 Å². The Morgan fingerprint density at radius 2 is 2.36 bits per heavy atom. The molecule has 0 aliphatic carbocycles. The van der Waals surface area contributed by atoms with Crippen molar-refractivity contribution in [2.45, 2.75) is 13.0 Å². The van der Waals surface area contributed by atoms with E-state index in [0.717, 1.165) is 5.96 Å². The van der Waals surface area contributed by atoms with Crippen LogP contribution in [0.25, 0.3) is 0 Å². The van der Waals surface area contributed by atoms with Crippen LogP contribution in [0.15, 0.2) is 4.99 Å². The van der Waals surface area contributed by atoms with Crippen molar-refractivity contribution in [3.8, 4) is 0 Å². The molecule has 0 aromatic carbocycles. The van der Waals surface area contributed by atoms with Crippen LogP contribution in [-0.4, -0.2) is 28.8 Å². The standard InChI is InChI=1S/C5H7N2O3P/c1-3(6)4(5(8)9)7-2-11-10/h2,4,6H,1H3,(H,8,9). The third-order valence-corrected chi connectivity index (χ3v) is 1.13. The minimum Gasteiger partial charge on any atom is -0.479 e. The molecule has 11 heavy (non-hydrogen) atoms. The fraction of sp³-hybridized carbons (Fsp3) is 0.400. The van der Waals surface area contributed by atoms with Gasteiger partial charge in [-0.1, -0.05) is 0 Å². The summed E-state index contributed by atoms with van der Waals surface area (Å²) >= 11 is 0. The van der Waals surface area contributed by atoms with Gasteiger partial charge in [-0.25, -0.2) is 4.79 Å². The van der Waals surface area contributed by atoms with Crippen LogP contribution in [0.4, 0.5) is 0 Å². The largest absolute Gasteiger partial charge is 0.479 e. The van der Waals surface area contributed by atoms with Crippen LogP contribution in [0.2, 0.25) is 0 Å². The predicted octanol–water partition coefficient (Wildman–Crippen LogP) is 0.799. The van der Waals surface area contributed by atoms with Crippen LogP contribution in [0.3, 0.4) is 0 Å². The van der Waals surface area contributed by atoms with E-state index in [-0.39, 0.29) is 14.2 Å². The van der Waals surface area contributed by atoms with Gasteiger partial charge < -0.3 is 10.5 Å². The highest BCUT2D eigenvalue weighted by Crippen LogP contribution is 1.95. The number of aliphatic imine (C=N–C) groups is 1. The van der Waals surface area contributed by atoms with Gasteiger partial charge in [0.1, 0.15) is 0 Å². The SMILES string of the molecule is CC(=N)C(N=CP=O)C(=O)O. The molecule has 0 heterocycles. The summed E-state index contributed by atoms with van der Waals surface area (Å²) in [7, 11) is -0.351. The predicted molar refractivity (Wildman–Crippen MR) is 40.9 cm³/mol. The molecule has 1 unspecified atom stereocenters. The number of hydrogen-bond acceptors (Lipinski definition) is 4. The summed E-state index contributed by atoms with van der Waals surface area (Å²) in [5.74, 6) is -0.283. The minimum absolute atomic E-state index is 0.0857. The van der Waals surface area contributed by atoms with E-state index in [1.54, 1.807) is 0 Å². The lowest BCUT2D eigenvalue weighted by molar-refractivity contribution is -0.136. The summed E-state index contributed by atoms with van der Waals surface area (Å²) in [6.07, 6.45) is 0. The number of rotatable bonds is 4. The molecule has 5 nitrogen and oxygen atoms in total. The average molecular weight is 174 g/mol. The molecule has 0 amide bonds. The second-order valence-electron chi connectivity index (χ2n) is 1.79. The van der Waals surface area contributed by atoms with Crippen molar-refractivity contribution in [3.63, 3.8) is 0 Å². The van der Waals surface area contributed by atoms with Crippen molar-refractivity contribution in [1.29, 1.82) is 5.41 Å². The van der Waals surface area contributed by atoms with Gasteiger partial charge >= 0.3 is 5.97 Å². The summed E-state index contributed by atoms with van der Waals surface area (Å²) in [5, 5.41) is 15.4. The van der Waals surface area contributed by atoms with E-state index in [2.05, 4.69) is 4.99 Å². The second-order valence-corrected chi connectivity index (χ2v) is 2.24. The monoisotopic (exact) mass is 174 g/mol. The number of aliphatic carboxylic acids is 1. The Kier molecular flexibility index (Phi) is 4.22. The highest BCUT2D eigenvalue weighted by molar-refractivity contribution is 7.43. The Balaban J connectivity index is 4.35. The van der Waals surface area contributed by atoms with Gasteiger partial charge in [0.15, 0.2) is 6.04 Å². The molecule has 0 radical (unpaired) electrons. The first-order valence-electron chi connectivity index (χ1n) is 2.71. The van der Waals surface area contributed by atoms with Crippen molar-refractivity contribution in [2.24, 2.45) is 4.99 Å². The molecule has 0 saturated carbocycles. The molecule has 2 N–H and O–H groups in total. The summed E-state index contributed by atoms with van der Waals surface area (Å²) < 4.78 is 9.84. The quantitative estimate of drug-likeness (QED) is 0.487. The maximum absolute atomic E-state index is 10.3. The van der Waals surface area contributed by atoms with Gasteiger partial charge in [0.2, 0.25) is 8.46 Å². The second kappa shape index (κ2) is 4.68. The van der Waals surface area contributed by atoms with Gasteiger partial charge in [-0.3, -0.25) is 9.56 Å². The van der Waals surface area contributed by atoms with Crippen LogP contribution in [0, 0.1) is 5.41 Å². The van der Waals surface area contributed by atoms with Gasteiger partial charge in [-0.15, -0.1) is 0 Å². The minimum atomic E-state index is -1.21. The van der Waals surface area contributed by atoms with E-state index in [9.17, 15) is 9.36 Å². The highest BCUT2D eigenvalue weighted by Gasteiger charge is 2.16. The Hall–Kier alpha value is -1.09. The normalized spacial score (nSPS) is 13.5. The number of carboxylic acids is 1. The fourth-order valence-corrected chi connectivity index (χ4v) is 0.642. The maximum atomic E-state index is 10.3. The van der Waals surface area contributed by atoms with E-state index >= 15 is 0 Å². The van der Waals surface area contributed by atoms with Crippen LogP contribution in [0.1, 0.15) is 6.92 Å². The van der Waals surface area contributed by atoms with Crippen LogP contribution >= 0.6 is 8.46 Å². The molecule has 0 aliphatic heterocycles. The van der Waals surface area contributed by atoms with Gasteiger partial charge in [0.25, 0.3) is 0 Å². The number of carboxylic acid groups (broad SMARTS) is 1. The fourth-order valence-electron chi connectivity index (χ4n) is 0.455. The summed E-state index contributed by atoms with van der Waals surface area (Å²) in [5.41, 5.74) is -0.0857. The Morgan fingerprint density at radius 3 is 2.64 bits per heavy atom. The zero-order valence-corrected chi connectivity index (χ0v) is 6.71. The summed E-state index contributed by atoms with van der Waals surface area (Å²) in [6, 6.07) is -1.20. The van der Waals surface area contributed by atoms with Gasteiger partial charge in [0, 0.05) is 5.71 Å². The number of hydrogen-bond donors (Lipinski definition) is 2. The smallest absolute Gasteiger partial charge is 0.334 e. The van der Waals surface area contributed by atoms with E-state index in [4.69, 9.17) is 10.5 Å². The number of nitrogens with zero attached hydrogens (tertiary/aromatic N) is 1. The van der Waals surface area contributed by atoms with E-state index in [0.29, 0.717) is 0 Å². The lowest BCUT2D eigenvalue weighted by Crippen LogP contribution is -2.25. The molecular weight excluding hydrogens is 167 g/mol. The molecule has 0 bridgehead atoms. The first-order valence-corrected chi connectivity index (χ1v) is 3.59. The molecule has 0 aromatic rings. The molecule has 0 spiro atoms. The Bertz CT molecular complexity index is 200. The summed E-state index contributed by atoms with van der Waals surface area (Å²) in [6.45, 7) is 1.33. The Labute approximate surface area is 64.9 Å². The highest BCUT2D eigenvalue weighted by atomic mass is 31.1. The molecule has 0 aliphatic rings. The van der Waals surface area contributed by atoms with E-state index < -0.39 is 12.0 Å². The van der Waals surface area contributed by atoms with Crippen molar-refractivity contribution < 1.29 is 14.5 Å². The third-order valence-electron chi connectivity index (χ3n) is 0.907. The van der Waals surface area contributed by atoms with Crippen LogP contribution in [0.5, 0.6) is 0 Å². The summed E-state index contributed by atoms with van der Waals surface area (Å²) in [4.78, 5) is 13.7. The third kappa shape index (κ3) is 3.57. The zero-order valence-electron chi connectivity index (χ0n) is 5.81. The Morgan fingerprint density at radius 1 is 1.82 bits per heavy atom. The topological polar surface area (TPSA) is 90.6 Å². The maximum Gasteiger partial charge on any atom is 0.334 e. The van der Waals surface area contributed by atoms with Crippen molar-refractivity contribution in [1.82, 2.24) is 0 Å². The molecular formula is C5H7N2O3P. The van der Waals surface area contributed by atoms with Gasteiger partial charge in [0.05, 0.1) is 5.96 Å². The first kappa shape index (κ1) is 9.91. The number of nitrogens with one attached hydrogen (secondary N) is 1. The average Bonchev–Trinajstić information content (AvgIpc) is 1.87. The lowest BCUT2D eigenvalue weighted by Gasteiger charge is -2.01. The molecule has 0 rings (SSSR count). The molecule has 1 atom stereocenters. The zero-order chi connectivity index (χ0) is 8.85. The molecule has 0 saturated heterocycles. The van der Waals surface area contributed by atoms with Crippen molar-refractivity contribution >= 4 is 26.1 Å². The lowest BCUT2D eigenvalue weighted by atomic mass is 10.2. The molecule has 0 aromatic heterocycles. The van der Waals surface area contributed by atoms with Gasteiger partial charge in [-0.05, 0) is 6.92 Å².